The molecule has 0 spiro atoms. The smallest absolute Gasteiger partial charge is 0.223 e. The van der Waals surface area contributed by atoms with Gasteiger partial charge in [-0.05, 0) is 19.8 Å². The SMILES string of the molecule is CC1CNCCN1C(=O)CCS(=O)(=O)C1CCCC1. The molecule has 1 saturated heterocycles. The van der Waals surface area contributed by atoms with Gasteiger partial charge in [0.25, 0.3) is 0 Å². The topological polar surface area (TPSA) is 66.5 Å². The third-order valence-electron chi connectivity index (χ3n) is 4.23. The molecule has 0 aromatic carbocycles. The average Bonchev–Trinajstić information content (AvgIpc) is 2.91. The fraction of sp³-hybridized carbons (Fsp3) is 0.923. The maximum atomic E-state index is 12.1. The largest absolute Gasteiger partial charge is 0.337 e. The van der Waals surface area contributed by atoms with Gasteiger partial charge in [0.2, 0.25) is 5.91 Å². The molecule has 5 nitrogen and oxygen atoms in total. The molecular weight excluding hydrogens is 264 g/mol. The molecule has 1 amide bonds. The Bertz CT molecular complexity index is 416. The van der Waals surface area contributed by atoms with Crippen LogP contribution in [0.1, 0.15) is 39.0 Å². The van der Waals surface area contributed by atoms with E-state index in [4.69, 9.17) is 0 Å². The van der Waals surface area contributed by atoms with Crippen LogP contribution >= 0.6 is 0 Å². The van der Waals surface area contributed by atoms with Gasteiger partial charge in [0.05, 0.1) is 11.0 Å². The van der Waals surface area contributed by atoms with Crippen LogP contribution in [0.3, 0.4) is 0 Å². The average molecular weight is 288 g/mol. The third-order valence-corrected chi connectivity index (χ3v) is 6.49. The van der Waals surface area contributed by atoms with Gasteiger partial charge in [-0.15, -0.1) is 0 Å². The van der Waals surface area contributed by atoms with Crippen molar-refractivity contribution in [3.05, 3.63) is 0 Å². The molecule has 0 aromatic heterocycles. The minimum Gasteiger partial charge on any atom is -0.337 e. The molecule has 2 rings (SSSR count). The molecular formula is C13H24N2O3S. The van der Waals surface area contributed by atoms with Crippen molar-refractivity contribution >= 4 is 15.7 Å². The van der Waals surface area contributed by atoms with E-state index in [1.165, 1.54) is 0 Å². The maximum absolute atomic E-state index is 12.1. The number of nitrogens with one attached hydrogen (secondary N) is 1. The molecule has 1 aliphatic heterocycles. The van der Waals surface area contributed by atoms with Crippen molar-refractivity contribution in [2.24, 2.45) is 0 Å². The van der Waals surface area contributed by atoms with E-state index in [0.29, 0.717) is 6.54 Å². The lowest BCUT2D eigenvalue weighted by molar-refractivity contribution is -0.133. The highest BCUT2D eigenvalue weighted by Gasteiger charge is 2.30. The monoisotopic (exact) mass is 288 g/mol. The molecule has 1 saturated carbocycles. The summed E-state index contributed by atoms with van der Waals surface area (Å²) in [6.45, 7) is 4.27. The Kier molecular flexibility index (Phi) is 4.84. The number of hydrogen-bond donors (Lipinski definition) is 1. The number of nitrogens with zero attached hydrogens (tertiary/aromatic N) is 1. The Morgan fingerprint density at radius 1 is 1.32 bits per heavy atom. The molecule has 1 atom stereocenters. The van der Waals surface area contributed by atoms with Gasteiger partial charge in [0, 0.05) is 32.1 Å². The van der Waals surface area contributed by atoms with E-state index in [1.807, 2.05) is 6.92 Å². The fourth-order valence-corrected chi connectivity index (χ4v) is 4.84. The normalized spacial score (nSPS) is 25.7. The molecule has 19 heavy (non-hydrogen) atoms. The molecule has 2 aliphatic rings. The molecule has 1 N–H and O–H groups in total. The quantitative estimate of drug-likeness (QED) is 0.820. The number of rotatable bonds is 4. The Labute approximate surface area is 115 Å². The van der Waals surface area contributed by atoms with Crippen LogP contribution < -0.4 is 5.32 Å². The van der Waals surface area contributed by atoms with Crippen molar-refractivity contribution < 1.29 is 13.2 Å². The van der Waals surface area contributed by atoms with Gasteiger partial charge in [-0.1, -0.05) is 12.8 Å². The van der Waals surface area contributed by atoms with Crippen LogP contribution in [-0.4, -0.2) is 55.9 Å². The summed E-state index contributed by atoms with van der Waals surface area (Å²) < 4.78 is 24.2. The van der Waals surface area contributed by atoms with E-state index >= 15 is 0 Å². The number of hydrogen-bond acceptors (Lipinski definition) is 4. The number of carbonyl (C=O) groups is 1. The molecule has 1 unspecified atom stereocenters. The summed E-state index contributed by atoms with van der Waals surface area (Å²) in [6.07, 6.45) is 3.71. The molecule has 110 valence electrons. The number of piperazine rings is 1. The van der Waals surface area contributed by atoms with Crippen molar-refractivity contribution in [2.45, 2.75) is 50.3 Å². The fourth-order valence-electron chi connectivity index (χ4n) is 3.00. The Morgan fingerprint density at radius 2 is 2.00 bits per heavy atom. The summed E-state index contributed by atoms with van der Waals surface area (Å²) in [5.74, 6) is 0.00299. The highest BCUT2D eigenvalue weighted by molar-refractivity contribution is 7.92. The van der Waals surface area contributed by atoms with Crippen LogP contribution in [0.15, 0.2) is 0 Å². The molecule has 0 aromatic rings. The van der Waals surface area contributed by atoms with Crippen molar-refractivity contribution in [2.75, 3.05) is 25.4 Å². The minimum absolute atomic E-state index is 0.0180. The van der Waals surface area contributed by atoms with Gasteiger partial charge in [0.1, 0.15) is 0 Å². The molecule has 1 aliphatic carbocycles. The van der Waals surface area contributed by atoms with Crippen LogP contribution in [0.2, 0.25) is 0 Å². The molecule has 1 heterocycles. The van der Waals surface area contributed by atoms with Crippen molar-refractivity contribution in [1.29, 1.82) is 0 Å². The first kappa shape index (κ1) is 14.8. The summed E-state index contributed by atoms with van der Waals surface area (Å²) in [4.78, 5) is 13.9. The zero-order chi connectivity index (χ0) is 13.9. The van der Waals surface area contributed by atoms with Crippen molar-refractivity contribution in [3.8, 4) is 0 Å². The second kappa shape index (κ2) is 6.22. The van der Waals surface area contributed by atoms with Crippen LogP contribution in [0.25, 0.3) is 0 Å². The lowest BCUT2D eigenvalue weighted by atomic mass is 10.2. The highest BCUT2D eigenvalue weighted by atomic mass is 32.2. The van der Waals surface area contributed by atoms with Crippen LogP contribution in [0, 0.1) is 0 Å². The number of amides is 1. The van der Waals surface area contributed by atoms with Crippen LogP contribution in [0.5, 0.6) is 0 Å². The minimum atomic E-state index is -3.07. The summed E-state index contributed by atoms with van der Waals surface area (Å²) >= 11 is 0. The van der Waals surface area contributed by atoms with E-state index in [2.05, 4.69) is 5.32 Å². The molecule has 6 heteroatoms. The van der Waals surface area contributed by atoms with E-state index in [1.54, 1.807) is 4.90 Å². The van der Waals surface area contributed by atoms with E-state index < -0.39 is 9.84 Å². The van der Waals surface area contributed by atoms with Gasteiger partial charge >= 0.3 is 0 Å². The van der Waals surface area contributed by atoms with Gasteiger partial charge in [-0.2, -0.15) is 0 Å². The van der Waals surface area contributed by atoms with Gasteiger partial charge in [0.15, 0.2) is 9.84 Å². The second-order valence-corrected chi connectivity index (χ2v) is 8.06. The van der Waals surface area contributed by atoms with E-state index in [9.17, 15) is 13.2 Å². The molecule has 0 radical (unpaired) electrons. The summed E-state index contributed by atoms with van der Waals surface area (Å²) in [6, 6.07) is 0.162. The van der Waals surface area contributed by atoms with E-state index in [-0.39, 0.29) is 29.4 Å². The first-order valence-corrected chi connectivity index (χ1v) is 8.94. The van der Waals surface area contributed by atoms with Gasteiger partial charge in [-0.25, -0.2) is 8.42 Å². The Morgan fingerprint density at radius 3 is 2.63 bits per heavy atom. The lowest BCUT2D eigenvalue weighted by Gasteiger charge is -2.34. The first-order chi connectivity index (χ1) is 9.00. The predicted octanol–water partition coefficient (Wildman–Crippen LogP) is 0.554. The summed E-state index contributed by atoms with van der Waals surface area (Å²) in [7, 11) is -3.07. The summed E-state index contributed by atoms with van der Waals surface area (Å²) in [5.41, 5.74) is 0. The Hall–Kier alpha value is -0.620. The maximum Gasteiger partial charge on any atom is 0.223 e. The third kappa shape index (κ3) is 3.69. The highest BCUT2D eigenvalue weighted by Crippen LogP contribution is 2.25. The lowest BCUT2D eigenvalue weighted by Crippen LogP contribution is -2.52. The van der Waals surface area contributed by atoms with Crippen LogP contribution in [-0.2, 0) is 14.6 Å². The van der Waals surface area contributed by atoms with E-state index in [0.717, 1.165) is 38.8 Å². The number of sulfone groups is 1. The predicted molar refractivity (Wildman–Crippen MR) is 74.7 cm³/mol. The molecule has 2 fully saturated rings. The first-order valence-electron chi connectivity index (χ1n) is 7.22. The zero-order valence-corrected chi connectivity index (χ0v) is 12.4. The molecule has 0 bridgehead atoms. The van der Waals surface area contributed by atoms with Crippen molar-refractivity contribution in [3.63, 3.8) is 0 Å². The zero-order valence-electron chi connectivity index (χ0n) is 11.6. The van der Waals surface area contributed by atoms with Gasteiger partial charge in [-0.3, -0.25) is 4.79 Å². The van der Waals surface area contributed by atoms with Crippen LogP contribution in [0.4, 0.5) is 0 Å². The number of carbonyl (C=O) groups excluding carboxylic acids is 1. The van der Waals surface area contributed by atoms with Crippen molar-refractivity contribution in [1.82, 2.24) is 10.2 Å². The standard InChI is InChI=1S/C13H24N2O3S/c1-11-10-14-7-8-15(11)13(16)6-9-19(17,18)12-4-2-3-5-12/h11-12,14H,2-10H2,1H3. The summed E-state index contributed by atoms with van der Waals surface area (Å²) in [5, 5.41) is 3.03. The second-order valence-electron chi connectivity index (χ2n) is 5.66. The Balaban J connectivity index is 1.85. The van der Waals surface area contributed by atoms with Gasteiger partial charge < -0.3 is 10.2 Å².